The fraction of sp³-hybridized carbons (Fsp3) is 0.0400. The Kier molecular flexibility index (Phi) is 5.16. The van der Waals surface area contributed by atoms with Crippen molar-refractivity contribution < 1.29 is 4.42 Å². The summed E-state index contributed by atoms with van der Waals surface area (Å²) in [6, 6.07) is 18.8. The van der Waals surface area contributed by atoms with Gasteiger partial charge in [0.15, 0.2) is 5.65 Å². The number of pyridine rings is 1. The molecule has 0 aliphatic carbocycles. The summed E-state index contributed by atoms with van der Waals surface area (Å²) in [5.74, 6) is 0.433. The normalized spacial score (nSPS) is 11.2. The first-order chi connectivity index (χ1) is 17.2. The van der Waals surface area contributed by atoms with Crippen molar-refractivity contribution in [3.8, 4) is 33.7 Å². The zero-order valence-electron chi connectivity index (χ0n) is 18.1. The number of halogens is 1. The first-order valence-corrected chi connectivity index (χ1v) is 11.1. The highest BCUT2D eigenvalue weighted by atomic mass is 35.5. The Morgan fingerprint density at radius 1 is 0.886 bits per heavy atom. The van der Waals surface area contributed by atoms with Crippen molar-refractivity contribution in [1.29, 1.82) is 0 Å². The van der Waals surface area contributed by atoms with Gasteiger partial charge in [0.25, 0.3) is 0 Å². The van der Waals surface area contributed by atoms with Crippen LogP contribution in [0.4, 0.5) is 0 Å². The van der Waals surface area contributed by atoms with Gasteiger partial charge in [-0.1, -0.05) is 35.9 Å². The van der Waals surface area contributed by atoms with E-state index < -0.39 is 0 Å². The molecule has 170 valence electrons. The molecule has 0 bridgehead atoms. The van der Waals surface area contributed by atoms with E-state index in [0.717, 1.165) is 33.4 Å². The molecule has 9 nitrogen and oxygen atoms in total. The molecule has 0 aliphatic heterocycles. The summed E-state index contributed by atoms with van der Waals surface area (Å²) in [5, 5.41) is 17.3. The van der Waals surface area contributed by atoms with E-state index in [1.807, 2.05) is 60.7 Å². The van der Waals surface area contributed by atoms with Crippen LogP contribution in [0.3, 0.4) is 0 Å². The van der Waals surface area contributed by atoms with Gasteiger partial charge in [-0.05, 0) is 53.1 Å². The molecular weight excluding hydrogens is 466 g/mol. The Morgan fingerprint density at radius 3 is 2.34 bits per heavy atom. The minimum Gasteiger partial charge on any atom is -0.423 e. The number of fused-ring (bicyclic) bond motifs is 1. The second-order valence-electron chi connectivity index (χ2n) is 7.79. The van der Waals surface area contributed by atoms with E-state index in [1.54, 1.807) is 18.6 Å². The highest BCUT2D eigenvalue weighted by Crippen LogP contribution is 2.34. The molecule has 6 rings (SSSR count). The van der Waals surface area contributed by atoms with Crippen LogP contribution in [-0.4, -0.2) is 34.6 Å². The third kappa shape index (κ3) is 3.87. The van der Waals surface area contributed by atoms with Crippen molar-refractivity contribution in [2.45, 2.75) is 6.54 Å². The van der Waals surface area contributed by atoms with Crippen molar-refractivity contribution in [1.82, 2.24) is 34.6 Å². The molecule has 35 heavy (non-hydrogen) atoms. The Labute approximate surface area is 203 Å². The number of benzene rings is 2. The molecule has 0 unspecified atom stereocenters. The van der Waals surface area contributed by atoms with Crippen LogP contribution < -0.4 is 5.69 Å². The molecule has 0 atom stereocenters. The number of aromatic nitrogens is 7. The van der Waals surface area contributed by atoms with Crippen molar-refractivity contribution in [3.05, 3.63) is 107 Å². The Morgan fingerprint density at radius 2 is 1.63 bits per heavy atom. The van der Waals surface area contributed by atoms with Gasteiger partial charge in [-0.25, -0.2) is 9.48 Å². The van der Waals surface area contributed by atoms with E-state index in [0.29, 0.717) is 16.6 Å². The average Bonchev–Trinajstić information content (AvgIpc) is 3.54. The third-order valence-electron chi connectivity index (χ3n) is 5.63. The van der Waals surface area contributed by atoms with Gasteiger partial charge in [-0.15, -0.1) is 15.3 Å². The first-order valence-electron chi connectivity index (χ1n) is 10.7. The SMILES string of the molecule is O=c1n(Cc2ccc(-c3nnco3)cc2)nc2c(-c3ccncc3)c(-c3ccc(Cl)cc3)cnn12. The van der Waals surface area contributed by atoms with Crippen LogP contribution in [0.5, 0.6) is 0 Å². The molecule has 0 N–H and O–H groups in total. The van der Waals surface area contributed by atoms with Crippen LogP contribution in [0.25, 0.3) is 39.4 Å². The van der Waals surface area contributed by atoms with E-state index in [1.165, 1.54) is 15.6 Å². The van der Waals surface area contributed by atoms with E-state index in [2.05, 4.69) is 25.4 Å². The maximum atomic E-state index is 13.2. The van der Waals surface area contributed by atoms with Crippen molar-refractivity contribution in [3.63, 3.8) is 0 Å². The standard InChI is InChI=1S/C25H16ClN7O2/c26-20-7-5-17(6-8-20)21-13-29-33-23(22(21)18-9-11-27-12-10-18)31-32(25(33)34)14-16-1-3-19(4-2-16)24-30-28-15-35-24/h1-13,15H,14H2. The van der Waals surface area contributed by atoms with Gasteiger partial charge < -0.3 is 4.42 Å². The summed E-state index contributed by atoms with van der Waals surface area (Å²) in [6.07, 6.45) is 6.37. The summed E-state index contributed by atoms with van der Waals surface area (Å²) < 4.78 is 7.96. The molecule has 0 spiro atoms. The molecule has 0 radical (unpaired) electrons. The Balaban J connectivity index is 1.46. The molecular formula is C25H16ClN7O2. The van der Waals surface area contributed by atoms with Crippen molar-refractivity contribution in [2.75, 3.05) is 0 Å². The molecule has 4 aromatic heterocycles. The third-order valence-corrected chi connectivity index (χ3v) is 5.88. The molecule has 0 aliphatic rings. The van der Waals surface area contributed by atoms with Crippen molar-refractivity contribution in [2.24, 2.45) is 0 Å². The maximum Gasteiger partial charge on any atom is 0.367 e. The van der Waals surface area contributed by atoms with Gasteiger partial charge in [0.05, 0.1) is 12.7 Å². The topological polar surface area (TPSA) is 104 Å². The van der Waals surface area contributed by atoms with Gasteiger partial charge in [-0.2, -0.15) is 9.61 Å². The second kappa shape index (κ2) is 8.62. The lowest BCUT2D eigenvalue weighted by Crippen LogP contribution is -2.22. The maximum absolute atomic E-state index is 13.2. The summed E-state index contributed by atoms with van der Waals surface area (Å²) in [5.41, 5.74) is 5.21. The molecule has 10 heteroatoms. The summed E-state index contributed by atoms with van der Waals surface area (Å²) in [7, 11) is 0. The minimum absolute atomic E-state index is 0.276. The number of hydrogen-bond acceptors (Lipinski definition) is 7. The van der Waals surface area contributed by atoms with Crippen molar-refractivity contribution >= 4 is 17.2 Å². The number of nitrogens with zero attached hydrogens (tertiary/aromatic N) is 7. The Bertz CT molecular complexity index is 1680. The smallest absolute Gasteiger partial charge is 0.367 e. The van der Waals surface area contributed by atoms with E-state index in [4.69, 9.17) is 16.0 Å². The van der Waals surface area contributed by atoms with Gasteiger partial charge >= 0.3 is 5.69 Å². The van der Waals surface area contributed by atoms with Crippen LogP contribution in [-0.2, 0) is 6.54 Å². The van der Waals surface area contributed by atoms with E-state index in [-0.39, 0.29) is 12.2 Å². The molecule has 0 amide bonds. The zero-order chi connectivity index (χ0) is 23.8. The van der Waals surface area contributed by atoms with Crippen LogP contribution in [0.1, 0.15) is 5.56 Å². The molecule has 4 heterocycles. The molecule has 0 fully saturated rings. The monoisotopic (exact) mass is 481 g/mol. The second-order valence-corrected chi connectivity index (χ2v) is 8.23. The summed E-state index contributed by atoms with van der Waals surface area (Å²) >= 11 is 6.09. The van der Waals surface area contributed by atoms with Crippen LogP contribution >= 0.6 is 11.6 Å². The lowest BCUT2D eigenvalue weighted by Gasteiger charge is -2.10. The number of rotatable bonds is 5. The number of hydrogen-bond donors (Lipinski definition) is 0. The highest BCUT2D eigenvalue weighted by Gasteiger charge is 2.19. The van der Waals surface area contributed by atoms with Gasteiger partial charge in [0.2, 0.25) is 12.3 Å². The molecule has 2 aromatic carbocycles. The average molecular weight is 482 g/mol. The lowest BCUT2D eigenvalue weighted by molar-refractivity contribution is 0.568. The van der Waals surface area contributed by atoms with Crippen LogP contribution in [0, 0.1) is 0 Å². The fourth-order valence-corrected chi connectivity index (χ4v) is 4.06. The molecule has 0 saturated heterocycles. The lowest BCUT2D eigenvalue weighted by atomic mass is 9.98. The predicted molar refractivity (Wildman–Crippen MR) is 130 cm³/mol. The van der Waals surface area contributed by atoms with Gasteiger partial charge in [-0.3, -0.25) is 4.98 Å². The molecule has 6 aromatic rings. The summed E-state index contributed by atoms with van der Waals surface area (Å²) in [4.78, 5) is 17.3. The van der Waals surface area contributed by atoms with Crippen LogP contribution in [0.15, 0.2) is 94.9 Å². The van der Waals surface area contributed by atoms with Crippen LogP contribution in [0.2, 0.25) is 5.02 Å². The van der Waals surface area contributed by atoms with Gasteiger partial charge in [0.1, 0.15) is 0 Å². The first kappa shape index (κ1) is 20.9. The largest absolute Gasteiger partial charge is 0.423 e. The van der Waals surface area contributed by atoms with E-state index >= 15 is 0 Å². The fourth-order valence-electron chi connectivity index (χ4n) is 3.94. The minimum atomic E-state index is -0.334. The van der Waals surface area contributed by atoms with E-state index in [9.17, 15) is 4.79 Å². The highest BCUT2D eigenvalue weighted by molar-refractivity contribution is 6.30. The predicted octanol–water partition coefficient (Wildman–Crippen LogP) is 4.37. The molecule has 0 saturated carbocycles. The summed E-state index contributed by atoms with van der Waals surface area (Å²) in [6.45, 7) is 0.276. The zero-order valence-corrected chi connectivity index (χ0v) is 18.9. The van der Waals surface area contributed by atoms with Gasteiger partial charge in [0, 0.05) is 34.1 Å². The Hall–Kier alpha value is -4.63. The quantitative estimate of drug-likeness (QED) is 0.360.